The molecule has 2 heterocycles. The number of hydrogen-bond donors (Lipinski definition) is 1. The molecule has 1 amide bonds. The molecule has 2 rings (SSSR count). The summed E-state index contributed by atoms with van der Waals surface area (Å²) in [4.78, 5) is 13.3. The lowest BCUT2D eigenvalue weighted by molar-refractivity contribution is -0.120. The van der Waals surface area contributed by atoms with Crippen molar-refractivity contribution in [1.82, 2.24) is 15.5 Å². The van der Waals surface area contributed by atoms with Crippen molar-refractivity contribution in [2.24, 2.45) is 0 Å². The molecule has 100 valence electrons. The molecular weight excluding hydrogens is 242 g/mol. The third-order valence-electron chi connectivity index (χ3n) is 3.28. The second kappa shape index (κ2) is 5.65. The van der Waals surface area contributed by atoms with Gasteiger partial charge in [-0.15, -0.1) is 5.10 Å². The molecule has 0 saturated carbocycles. The van der Waals surface area contributed by atoms with Gasteiger partial charge in [0.05, 0.1) is 12.2 Å². The van der Waals surface area contributed by atoms with Gasteiger partial charge in [-0.2, -0.15) is 10.4 Å². The van der Waals surface area contributed by atoms with E-state index in [-0.39, 0.29) is 12.5 Å². The van der Waals surface area contributed by atoms with E-state index in [9.17, 15) is 10.1 Å². The largest absolute Gasteiger partial charge is 0.353 e. The fourth-order valence-electron chi connectivity index (χ4n) is 2.32. The zero-order valence-electron chi connectivity index (χ0n) is 11.2. The topological polar surface area (TPSA) is 81.9 Å². The van der Waals surface area contributed by atoms with Crippen LogP contribution >= 0.6 is 0 Å². The van der Waals surface area contributed by atoms with E-state index in [1.54, 1.807) is 0 Å². The Morgan fingerprint density at radius 3 is 2.74 bits per heavy atom. The minimum atomic E-state index is -0.0467. The molecule has 6 nitrogen and oxygen atoms in total. The maximum atomic E-state index is 11.4. The third-order valence-corrected chi connectivity index (χ3v) is 3.28. The van der Waals surface area contributed by atoms with Gasteiger partial charge in [-0.1, -0.05) is 13.8 Å². The number of aromatic nitrogens is 2. The molecule has 1 aliphatic heterocycles. The van der Waals surface area contributed by atoms with E-state index in [0.29, 0.717) is 24.5 Å². The van der Waals surface area contributed by atoms with Gasteiger partial charge < -0.3 is 10.2 Å². The Labute approximate surface area is 112 Å². The number of aryl methyl sites for hydroxylation is 1. The quantitative estimate of drug-likeness (QED) is 0.850. The molecule has 1 saturated heterocycles. The number of nitrogens with zero attached hydrogens (tertiary/aromatic N) is 4. The van der Waals surface area contributed by atoms with E-state index >= 15 is 0 Å². The van der Waals surface area contributed by atoms with Crippen molar-refractivity contribution in [3.05, 3.63) is 16.8 Å². The standard InChI is InChI=1S/C13H17N5O/c1-3-9-10(7-14)13(17-16-11(9)4-2)18-6-5-15-12(19)8-18/h3-6,8H2,1-2H3,(H,15,19). The number of hydrogen-bond acceptors (Lipinski definition) is 5. The number of nitrogens with one attached hydrogen (secondary N) is 1. The monoisotopic (exact) mass is 259 g/mol. The molecule has 0 radical (unpaired) electrons. The van der Waals surface area contributed by atoms with Crippen molar-refractivity contribution in [1.29, 1.82) is 5.26 Å². The van der Waals surface area contributed by atoms with Crippen LogP contribution in [0.25, 0.3) is 0 Å². The average molecular weight is 259 g/mol. The zero-order valence-corrected chi connectivity index (χ0v) is 11.2. The molecule has 6 heteroatoms. The number of anilines is 1. The van der Waals surface area contributed by atoms with Crippen LogP contribution in [0, 0.1) is 11.3 Å². The van der Waals surface area contributed by atoms with Crippen molar-refractivity contribution in [3.8, 4) is 6.07 Å². The maximum Gasteiger partial charge on any atom is 0.239 e. The molecule has 1 aliphatic rings. The minimum Gasteiger partial charge on any atom is -0.353 e. The SMILES string of the molecule is CCc1nnc(N2CCNC(=O)C2)c(C#N)c1CC. The summed E-state index contributed by atoms with van der Waals surface area (Å²) in [5, 5.41) is 20.5. The maximum absolute atomic E-state index is 11.4. The van der Waals surface area contributed by atoms with Crippen LogP contribution in [0.15, 0.2) is 0 Å². The normalized spacial score (nSPS) is 15.0. The molecular formula is C13H17N5O. The second-order valence-corrected chi connectivity index (χ2v) is 4.41. The van der Waals surface area contributed by atoms with E-state index in [2.05, 4.69) is 21.6 Å². The summed E-state index contributed by atoms with van der Waals surface area (Å²) in [5.41, 5.74) is 2.37. The van der Waals surface area contributed by atoms with E-state index < -0.39 is 0 Å². The van der Waals surface area contributed by atoms with E-state index in [0.717, 1.165) is 24.1 Å². The number of piperazine rings is 1. The Balaban J connectivity index is 2.46. The highest BCUT2D eigenvalue weighted by atomic mass is 16.2. The highest BCUT2D eigenvalue weighted by molar-refractivity contribution is 5.82. The summed E-state index contributed by atoms with van der Waals surface area (Å²) in [6.45, 7) is 5.46. The van der Waals surface area contributed by atoms with Gasteiger partial charge in [-0.05, 0) is 18.4 Å². The highest BCUT2D eigenvalue weighted by Gasteiger charge is 2.23. The number of nitriles is 1. The molecule has 0 aliphatic carbocycles. The zero-order chi connectivity index (χ0) is 13.8. The average Bonchev–Trinajstić information content (AvgIpc) is 2.45. The van der Waals surface area contributed by atoms with Gasteiger partial charge in [0, 0.05) is 13.1 Å². The first-order chi connectivity index (χ1) is 9.21. The van der Waals surface area contributed by atoms with Crippen LogP contribution in [0.4, 0.5) is 5.82 Å². The molecule has 1 N–H and O–H groups in total. The van der Waals surface area contributed by atoms with E-state index in [4.69, 9.17) is 0 Å². The molecule has 0 aromatic carbocycles. The van der Waals surface area contributed by atoms with Crippen molar-refractivity contribution in [3.63, 3.8) is 0 Å². The van der Waals surface area contributed by atoms with Gasteiger partial charge in [0.15, 0.2) is 5.82 Å². The van der Waals surface area contributed by atoms with Gasteiger partial charge in [0.1, 0.15) is 11.6 Å². The molecule has 1 aromatic rings. The van der Waals surface area contributed by atoms with Crippen LogP contribution in [-0.4, -0.2) is 35.7 Å². The van der Waals surface area contributed by atoms with Gasteiger partial charge in [0.2, 0.25) is 5.91 Å². The minimum absolute atomic E-state index is 0.0467. The second-order valence-electron chi connectivity index (χ2n) is 4.41. The number of amides is 1. The summed E-state index contributed by atoms with van der Waals surface area (Å²) in [7, 11) is 0. The number of rotatable bonds is 3. The Morgan fingerprint density at radius 1 is 1.37 bits per heavy atom. The Bertz CT molecular complexity index is 535. The molecule has 0 bridgehead atoms. The lowest BCUT2D eigenvalue weighted by Gasteiger charge is -2.28. The first-order valence-electron chi connectivity index (χ1n) is 6.51. The lowest BCUT2D eigenvalue weighted by Crippen LogP contribution is -2.48. The van der Waals surface area contributed by atoms with E-state index in [1.807, 2.05) is 18.7 Å². The first-order valence-corrected chi connectivity index (χ1v) is 6.51. The molecule has 0 unspecified atom stereocenters. The van der Waals surface area contributed by atoms with Crippen molar-refractivity contribution in [2.75, 3.05) is 24.5 Å². The van der Waals surface area contributed by atoms with Gasteiger partial charge >= 0.3 is 0 Å². The first kappa shape index (κ1) is 13.3. The van der Waals surface area contributed by atoms with Crippen LogP contribution in [0.5, 0.6) is 0 Å². The lowest BCUT2D eigenvalue weighted by atomic mass is 10.0. The van der Waals surface area contributed by atoms with Crippen molar-refractivity contribution in [2.45, 2.75) is 26.7 Å². The molecule has 19 heavy (non-hydrogen) atoms. The smallest absolute Gasteiger partial charge is 0.239 e. The van der Waals surface area contributed by atoms with Crippen molar-refractivity contribution < 1.29 is 4.79 Å². The van der Waals surface area contributed by atoms with Gasteiger partial charge in [-0.3, -0.25) is 4.79 Å². The predicted octanol–water partition coefficient (Wildman–Crippen LogP) is 0.409. The Morgan fingerprint density at radius 2 is 2.16 bits per heavy atom. The molecule has 0 spiro atoms. The summed E-state index contributed by atoms with van der Waals surface area (Å²) >= 11 is 0. The van der Waals surface area contributed by atoms with Crippen LogP contribution < -0.4 is 10.2 Å². The van der Waals surface area contributed by atoms with Crippen molar-refractivity contribution >= 4 is 11.7 Å². The van der Waals surface area contributed by atoms with E-state index in [1.165, 1.54) is 0 Å². The van der Waals surface area contributed by atoms with Crippen LogP contribution in [-0.2, 0) is 17.6 Å². The predicted molar refractivity (Wildman–Crippen MR) is 70.7 cm³/mol. The van der Waals surface area contributed by atoms with Gasteiger partial charge in [-0.25, -0.2) is 0 Å². The molecule has 1 aromatic heterocycles. The number of carbonyl (C=O) groups is 1. The van der Waals surface area contributed by atoms with Crippen LogP contribution in [0.2, 0.25) is 0 Å². The van der Waals surface area contributed by atoms with Gasteiger partial charge in [0.25, 0.3) is 0 Å². The summed E-state index contributed by atoms with van der Waals surface area (Å²) in [6, 6.07) is 2.23. The van der Waals surface area contributed by atoms with Crippen LogP contribution in [0.3, 0.4) is 0 Å². The third kappa shape index (κ3) is 2.50. The molecule has 1 fully saturated rings. The summed E-state index contributed by atoms with van der Waals surface area (Å²) in [5.74, 6) is 0.487. The van der Waals surface area contributed by atoms with Crippen LogP contribution in [0.1, 0.15) is 30.7 Å². The Kier molecular flexibility index (Phi) is 3.95. The Hall–Kier alpha value is -2.16. The number of carbonyl (C=O) groups excluding carboxylic acids is 1. The molecule has 0 atom stereocenters. The summed E-state index contributed by atoms with van der Waals surface area (Å²) < 4.78 is 0. The fourth-order valence-corrected chi connectivity index (χ4v) is 2.32. The highest BCUT2D eigenvalue weighted by Crippen LogP contribution is 2.23. The summed E-state index contributed by atoms with van der Waals surface area (Å²) in [6.07, 6.45) is 1.50. The fraction of sp³-hybridized carbons (Fsp3) is 0.538.